The van der Waals surface area contributed by atoms with Gasteiger partial charge in [-0.1, -0.05) is 17.7 Å². The fourth-order valence-electron chi connectivity index (χ4n) is 2.84. The molecule has 0 spiro atoms. The highest BCUT2D eigenvalue weighted by Crippen LogP contribution is 2.38. The van der Waals surface area contributed by atoms with Gasteiger partial charge < -0.3 is 4.90 Å². The van der Waals surface area contributed by atoms with Crippen LogP contribution in [-0.4, -0.2) is 29.8 Å². The van der Waals surface area contributed by atoms with Crippen LogP contribution in [0.5, 0.6) is 0 Å². The predicted molar refractivity (Wildman–Crippen MR) is 70.0 cm³/mol. The van der Waals surface area contributed by atoms with Crippen molar-refractivity contribution in [3.63, 3.8) is 0 Å². The minimum absolute atomic E-state index is 0.838. The van der Waals surface area contributed by atoms with Crippen LogP contribution in [0.3, 0.4) is 0 Å². The molecule has 1 atom stereocenters. The van der Waals surface area contributed by atoms with Gasteiger partial charge in [-0.2, -0.15) is 0 Å². The number of benzene rings is 1. The molecule has 1 aromatic rings. The normalized spacial score (nSPS) is 32.9. The first-order valence-corrected chi connectivity index (χ1v) is 7.15. The lowest BCUT2D eigenvalue weighted by Gasteiger charge is -2.44. The standard InChI is InChI=1S/C14H19NS/c1-11-2-4-13(5-3-11)16-14-10-15-8-6-12(14)7-9-15/h2-5,12,14H,6-10H2,1H3/t14-/m0/s1. The van der Waals surface area contributed by atoms with Gasteiger partial charge in [0.1, 0.15) is 0 Å². The van der Waals surface area contributed by atoms with Gasteiger partial charge in [0.2, 0.25) is 0 Å². The second kappa shape index (κ2) is 4.42. The predicted octanol–water partition coefficient (Wildman–Crippen LogP) is 3.18. The summed E-state index contributed by atoms with van der Waals surface area (Å²) in [6.45, 7) is 6.15. The van der Waals surface area contributed by atoms with Crippen molar-refractivity contribution >= 4 is 11.8 Å². The average molecular weight is 233 g/mol. The molecule has 3 saturated heterocycles. The highest BCUT2D eigenvalue weighted by atomic mass is 32.2. The zero-order chi connectivity index (χ0) is 11.0. The lowest BCUT2D eigenvalue weighted by molar-refractivity contribution is 0.118. The Balaban J connectivity index is 1.68. The molecule has 16 heavy (non-hydrogen) atoms. The Kier molecular flexibility index (Phi) is 2.95. The number of piperidine rings is 3. The highest BCUT2D eigenvalue weighted by molar-refractivity contribution is 8.00. The Bertz CT molecular complexity index is 352. The van der Waals surface area contributed by atoms with Gasteiger partial charge in [0.15, 0.2) is 0 Å². The molecule has 1 nitrogen and oxygen atoms in total. The Morgan fingerprint density at radius 2 is 1.81 bits per heavy atom. The van der Waals surface area contributed by atoms with E-state index in [-0.39, 0.29) is 0 Å². The molecule has 0 amide bonds. The van der Waals surface area contributed by atoms with Gasteiger partial charge in [-0.05, 0) is 50.9 Å². The van der Waals surface area contributed by atoms with Crippen LogP contribution < -0.4 is 0 Å². The highest BCUT2D eigenvalue weighted by Gasteiger charge is 2.34. The lowest BCUT2D eigenvalue weighted by atomic mass is 9.88. The van der Waals surface area contributed by atoms with E-state index >= 15 is 0 Å². The van der Waals surface area contributed by atoms with Gasteiger partial charge in [-0.15, -0.1) is 11.8 Å². The van der Waals surface area contributed by atoms with Crippen LogP contribution >= 0.6 is 11.8 Å². The molecule has 2 bridgehead atoms. The molecule has 3 aliphatic rings. The van der Waals surface area contributed by atoms with E-state index in [4.69, 9.17) is 0 Å². The van der Waals surface area contributed by atoms with E-state index in [2.05, 4.69) is 47.9 Å². The fourth-order valence-corrected chi connectivity index (χ4v) is 4.23. The van der Waals surface area contributed by atoms with Crippen molar-refractivity contribution in [1.29, 1.82) is 0 Å². The average Bonchev–Trinajstić information content (AvgIpc) is 2.34. The molecule has 3 fully saturated rings. The van der Waals surface area contributed by atoms with Crippen LogP contribution in [0, 0.1) is 12.8 Å². The third-order valence-corrected chi connectivity index (χ3v) is 5.29. The monoisotopic (exact) mass is 233 g/mol. The number of hydrogen-bond donors (Lipinski definition) is 0. The van der Waals surface area contributed by atoms with Crippen molar-refractivity contribution in [1.82, 2.24) is 4.90 Å². The summed E-state index contributed by atoms with van der Waals surface area (Å²) in [6.07, 6.45) is 2.84. The molecule has 0 N–H and O–H groups in total. The molecule has 3 aliphatic heterocycles. The first kappa shape index (κ1) is 10.7. The number of rotatable bonds is 2. The summed E-state index contributed by atoms with van der Waals surface area (Å²) in [5.74, 6) is 0.969. The Hall–Kier alpha value is -0.470. The SMILES string of the molecule is Cc1ccc(S[C@H]2CN3CCC2CC3)cc1. The summed E-state index contributed by atoms with van der Waals surface area (Å²) >= 11 is 2.09. The summed E-state index contributed by atoms with van der Waals surface area (Å²) in [4.78, 5) is 4.08. The van der Waals surface area contributed by atoms with Gasteiger partial charge in [-0.25, -0.2) is 0 Å². The number of nitrogens with zero attached hydrogens (tertiary/aromatic N) is 1. The van der Waals surface area contributed by atoms with Crippen LogP contribution in [-0.2, 0) is 0 Å². The first-order chi connectivity index (χ1) is 7.81. The number of thioether (sulfide) groups is 1. The van der Waals surface area contributed by atoms with Crippen LogP contribution in [0.15, 0.2) is 29.2 Å². The van der Waals surface area contributed by atoms with E-state index in [0.717, 1.165) is 11.2 Å². The molecule has 3 heterocycles. The first-order valence-electron chi connectivity index (χ1n) is 6.27. The smallest absolute Gasteiger partial charge is 0.0251 e. The molecule has 0 radical (unpaired) electrons. The minimum Gasteiger partial charge on any atom is -0.302 e. The summed E-state index contributed by atoms with van der Waals surface area (Å²) in [7, 11) is 0. The van der Waals surface area contributed by atoms with Crippen LogP contribution in [0.25, 0.3) is 0 Å². The summed E-state index contributed by atoms with van der Waals surface area (Å²) < 4.78 is 0. The fraction of sp³-hybridized carbons (Fsp3) is 0.571. The number of aryl methyl sites for hydroxylation is 1. The van der Waals surface area contributed by atoms with Crippen molar-refractivity contribution < 1.29 is 0 Å². The second-order valence-electron chi connectivity index (χ2n) is 5.11. The molecular formula is C14H19NS. The van der Waals surface area contributed by atoms with Crippen molar-refractivity contribution in [3.8, 4) is 0 Å². The van der Waals surface area contributed by atoms with E-state index < -0.39 is 0 Å². The van der Waals surface area contributed by atoms with Gasteiger partial charge in [0.25, 0.3) is 0 Å². The van der Waals surface area contributed by atoms with Crippen LogP contribution in [0.2, 0.25) is 0 Å². The maximum atomic E-state index is 2.63. The van der Waals surface area contributed by atoms with Gasteiger partial charge in [0, 0.05) is 16.7 Å². The molecule has 86 valence electrons. The second-order valence-corrected chi connectivity index (χ2v) is 6.42. The zero-order valence-electron chi connectivity index (χ0n) is 9.86. The maximum absolute atomic E-state index is 2.63. The maximum Gasteiger partial charge on any atom is 0.0251 e. The summed E-state index contributed by atoms with van der Waals surface area (Å²) in [5, 5.41) is 0.838. The molecule has 0 saturated carbocycles. The van der Waals surface area contributed by atoms with Crippen molar-refractivity contribution in [2.24, 2.45) is 5.92 Å². The Morgan fingerprint density at radius 3 is 2.38 bits per heavy atom. The number of fused-ring (bicyclic) bond motifs is 3. The summed E-state index contributed by atoms with van der Waals surface area (Å²) in [5.41, 5.74) is 1.36. The van der Waals surface area contributed by atoms with E-state index in [0.29, 0.717) is 0 Å². The summed E-state index contributed by atoms with van der Waals surface area (Å²) in [6, 6.07) is 9.00. The Labute approximate surface area is 102 Å². The molecular weight excluding hydrogens is 214 g/mol. The van der Waals surface area contributed by atoms with Gasteiger partial charge in [-0.3, -0.25) is 0 Å². The minimum atomic E-state index is 0.838. The molecule has 4 rings (SSSR count). The molecule has 0 aromatic heterocycles. The van der Waals surface area contributed by atoms with Crippen molar-refractivity contribution in [2.75, 3.05) is 19.6 Å². The van der Waals surface area contributed by atoms with Crippen LogP contribution in [0.1, 0.15) is 18.4 Å². The van der Waals surface area contributed by atoms with E-state index in [1.54, 1.807) is 0 Å². The molecule has 0 aliphatic carbocycles. The molecule has 1 aromatic carbocycles. The molecule has 2 heteroatoms. The molecule has 0 unspecified atom stereocenters. The third kappa shape index (κ3) is 2.14. The largest absolute Gasteiger partial charge is 0.302 e. The van der Waals surface area contributed by atoms with Gasteiger partial charge in [0.05, 0.1) is 0 Å². The zero-order valence-corrected chi connectivity index (χ0v) is 10.7. The van der Waals surface area contributed by atoms with Gasteiger partial charge >= 0.3 is 0 Å². The quantitative estimate of drug-likeness (QED) is 0.772. The van der Waals surface area contributed by atoms with Crippen molar-refractivity contribution in [3.05, 3.63) is 29.8 Å². The third-order valence-electron chi connectivity index (χ3n) is 3.90. The van der Waals surface area contributed by atoms with E-state index in [1.165, 1.54) is 42.9 Å². The van der Waals surface area contributed by atoms with Crippen molar-refractivity contribution in [2.45, 2.75) is 29.9 Å². The topological polar surface area (TPSA) is 3.24 Å². The number of hydrogen-bond acceptors (Lipinski definition) is 2. The lowest BCUT2D eigenvalue weighted by Crippen LogP contribution is -2.48. The van der Waals surface area contributed by atoms with E-state index in [1.807, 2.05) is 0 Å². The van der Waals surface area contributed by atoms with Crippen LogP contribution in [0.4, 0.5) is 0 Å². The Morgan fingerprint density at radius 1 is 1.12 bits per heavy atom. The van der Waals surface area contributed by atoms with E-state index in [9.17, 15) is 0 Å².